The number of amides is 1. The molecule has 5 rings (SSSR count). The molecule has 1 N–H and O–H groups in total. The Morgan fingerprint density at radius 3 is 2.15 bits per heavy atom. The number of nitrogens with one attached hydrogen (secondary N) is 1. The van der Waals surface area contributed by atoms with E-state index >= 15 is 0 Å². The van der Waals surface area contributed by atoms with Gasteiger partial charge in [0.25, 0.3) is 5.91 Å². The van der Waals surface area contributed by atoms with Crippen LogP contribution in [-0.2, 0) is 0 Å². The van der Waals surface area contributed by atoms with E-state index in [9.17, 15) is 4.79 Å². The van der Waals surface area contributed by atoms with Crippen LogP contribution in [0.25, 0.3) is 0 Å². The maximum atomic E-state index is 13.0. The molecule has 0 aliphatic carbocycles. The lowest BCUT2D eigenvalue weighted by atomic mass is 9.90. The van der Waals surface area contributed by atoms with Crippen molar-refractivity contribution in [3.05, 3.63) is 102 Å². The van der Waals surface area contributed by atoms with Crippen molar-refractivity contribution in [2.45, 2.75) is 44.6 Å². The van der Waals surface area contributed by atoms with Crippen LogP contribution in [0.5, 0.6) is 5.75 Å². The summed E-state index contributed by atoms with van der Waals surface area (Å²) in [6, 6.07) is 29.4. The number of carbonyl (C=O) groups is 1. The molecule has 1 atom stereocenters. The Morgan fingerprint density at radius 2 is 1.49 bits per heavy atom. The maximum Gasteiger partial charge on any atom is 0.255 e. The first kappa shape index (κ1) is 27.4. The van der Waals surface area contributed by atoms with Crippen molar-refractivity contribution in [1.82, 2.24) is 15.1 Å². The van der Waals surface area contributed by atoms with E-state index in [1.165, 1.54) is 24.0 Å². The van der Waals surface area contributed by atoms with E-state index < -0.39 is 0 Å². The Bertz CT molecular complexity index is 1120. The summed E-state index contributed by atoms with van der Waals surface area (Å²) in [4.78, 5) is 18.1. The van der Waals surface area contributed by atoms with Crippen LogP contribution in [0.15, 0.2) is 84.9 Å². The molecule has 0 saturated carbocycles. The zero-order valence-electron chi connectivity index (χ0n) is 23.3. The van der Waals surface area contributed by atoms with Crippen LogP contribution in [0.4, 0.5) is 0 Å². The van der Waals surface area contributed by atoms with Crippen molar-refractivity contribution in [1.29, 1.82) is 0 Å². The van der Waals surface area contributed by atoms with Crippen LogP contribution in [0.1, 0.15) is 60.0 Å². The van der Waals surface area contributed by atoms with Crippen molar-refractivity contribution in [3.8, 4) is 5.75 Å². The van der Waals surface area contributed by atoms with E-state index in [0.29, 0.717) is 23.8 Å². The minimum absolute atomic E-state index is 0.0401. The lowest BCUT2D eigenvalue weighted by molar-refractivity contribution is 0.0894. The SMILES string of the molecule is CC1CCCN(CCNC(=O)c2ccccc2OC2CCN(CC(c3ccccc3)c3ccccc3)CC2)C1. The van der Waals surface area contributed by atoms with Crippen LogP contribution in [0.3, 0.4) is 0 Å². The molecule has 206 valence electrons. The molecule has 0 bridgehead atoms. The lowest BCUT2D eigenvalue weighted by Gasteiger charge is -2.35. The number of rotatable bonds is 10. The van der Waals surface area contributed by atoms with Crippen LogP contribution >= 0.6 is 0 Å². The van der Waals surface area contributed by atoms with Gasteiger partial charge in [0.1, 0.15) is 11.9 Å². The van der Waals surface area contributed by atoms with Gasteiger partial charge in [-0.25, -0.2) is 0 Å². The first-order valence-electron chi connectivity index (χ1n) is 14.7. The summed E-state index contributed by atoms with van der Waals surface area (Å²) in [6.07, 6.45) is 4.60. The van der Waals surface area contributed by atoms with Gasteiger partial charge in [0.15, 0.2) is 0 Å². The van der Waals surface area contributed by atoms with Gasteiger partial charge in [-0.2, -0.15) is 0 Å². The fraction of sp³-hybridized carbons (Fsp3) is 0.441. The molecular weight excluding hydrogens is 482 g/mol. The highest BCUT2D eigenvalue weighted by atomic mass is 16.5. The summed E-state index contributed by atoms with van der Waals surface area (Å²) in [5, 5.41) is 3.13. The normalized spacial score (nSPS) is 19.2. The number of benzene rings is 3. The van der Waals surface area contributed by atoms with E-state index in [-0.39, 0.29) is 12.0 Å². The molecule has 2 fully saturated rings. The number of piperidine rings is 2. The maximum absolute atomic E-state index is 13.0. The summed E-state index contributed by atoms with van der Waals surface area (Å²) >= 11 is 0. The largest absolute Gasteiger partial charge is 0.489 e. The molecule has 2 heterocycles. The zero-order chi connectivity index (χ0) is 26.9. The third kappa shape index (κ3) is 7.71. The molecule has 1 unspecified atom stereocenters. The van der Waals surface area contributed by atoms with E-state index in [1.807, 2.05) is 24.3 Å². The van der Waals surface area contributed by atoms with E-state index in [4.69, 9.17) is 4.74 Å². The lowest BCUT2D eigenvalue weighted by Crippen LogP contribution is -2.41. The monoisotopic (exact) mass is 525 g/mol. The molecule has 3 aromatic rings. The molecule has 5 heteroatoms. The number of likely N-dealkylation sites (tertiary alicyclic amines) is 2. The van der Waals surface area contributed by atoms with Crippen LogP contribution in [0.2, 0.25) is 0 Å². The molecule has 0 aromatic heterocycles. The second-order valence-electron chi connectivity index (χ2n) is 11.3. The van der Waals surface area contributed by atoms with Gasteiger partial charge in [-0.05, 0) is 61.4 Å². The second kappa shape index (κ2) is 13.8. The van der Waals surface area contributed by atoms with Gasteiger partial charge in [0.2, 0.25) is 0 Å². The van der Waals surface area contributed by atoms with Crippen molar-refractivity contribution >= 4 is 5.91 Å². The Balaban J connectivity index is 1.13. The Labute approximate surface area is 234 Å². The minimum Gasteiger partial charge on any atom is -0.489 e. The highest BCUT2D eigenvalue weighted by molar-refractivity contribution is 5.96. The standard InChI is InChI=1S/C34H43N3O2/c1-27-11-10-21-36(25-27)24-20-35-34(38)31-16-8-9-17-33(31)39-30-18-22-37(23-19-30)26-32(28-12-4-2-5-13-28)29-14-6-3-7-15-29/h2-9,12-17,27,30,32H,10-11,18-26H2,1H3,(H,35,38). The average Bonchev–Trinajstić information content (AvgIpc) is 2.98. The molecule has 0 spiro atoms. The quantitative estimate of drug-likeness (QED) is 0.362. The molecule has 39 heavy (non-hydrogen) atoms. The van der Waals surface area contributed by atoms with Gasteiger partial charge >= 0.3 is 0 Å². The summed E-state index contributed by atoms with van der Waals surface area (Å²) in [6.45, 7) is 9.13. The number of nitrogens with zero attached hydrogens (tertiary/aromatic N) is 2. The highest BCUT2D eigenvalue weighted by Gasteiger charge is 2.25. The van der Waals surface area contributed by atoms with Crippen molar-refractivity contribution < 1.29 is 9.53 Å². The third-order valence-electron chi connectivity index (χ3n) is 8.26. The number of hydrogen-bond donors (Lipinski definition) is 1. The predicted octanol–water partition coefficient (Wildman–Crippen LogP) is 5.82. The van der Waals surface area contributed by atoms with Crippen molar-refractivity contribution in [2.24, 2.45) is 5.92 Å². The van der Waals surface area contributed by atoms with E-state index in [0.717, 1.165) is 58.0 Å². The Kier molecular flexibility index (Phi) is 9.68. The van der Waals surface area contributed by atoms with E-state index in [2.05, 4.69) is 82.7 Å². The molecular formula is C34H43N3O2. The highest BCUT2D eigenvalue weighted by Crippen LogP contribution is 2.28. The van der Waals surface area contributed by atoms with Crippen LogP contribution in [-0.4, -0.2) is 67.6 Å². The summed E-state index contributed by atoms with van der Waals surface area (Å²) in [5.74, 6) is 1.76. The first-order valence-corrected chi connectivity index (χ1v) is 14.7. The summed E-state index contributed by atoms with van der Waals surface area (Å²) in [5.41, 5.74) is 3.36. The molecule has 2 saturated heterocycles. The van der Waals surface area contributed by atoms with Crippen LogP contribution < -0.4 is 10.1 Å². The van der Waals surface area contributed by atoms with Crippen LogP contribution in [0, 0.1) is 5.92 Å². The predicted molar refractivity (Wildman–Crippen MR) is 158 cm³/mol. The molecule has 1 amide bonds. The minimum atomic E-state index is -0.0401. The molecule has 3 aromatic carbocycles. The van der Waals surface area contributed by atoms with Gasteiger partial charge in [-0.1, -0.05) is 79.7 Å². The molecule has 5 nitrogen and oxygen atoms in total. The fourth-order valence-electron chi connectivity index (χ4n) is 6.09. The van der Waals surface area contributed by atoms with Crippen molar-refractivity contribution in [3.63, 3.8) is 0 Å². The van der Waals surface area contributed by atoms with E-state index in [1.54, 1.807) is 0 Å². The van der Waals surface area contributed by atoms with Crippen molar-refractivity contribution in [2.75, 3.05) is 45.8 Å². The van der Waals surface area contributed by atoms with Gasteiger partial charge in [-0.15, -0.1) is 0 Å². The molecule has 2 aliphatic heterocycles. The Morgan fingerprint density at radius 1 is 0.846 bits per heavy atom. The summed E-state index contributed by atoms with van der Waals surface area (Å²) < 4.78 is 6.44. The average molecular weight is 526 g/mol. The summed E-state index contributed by atoms with van der Waals surface area (Å²) in [7, 11) is 0. The third-order valence-corrected chi connectivity index (χ3v) is 8.26. The molecule has 2 aliphatic rings. The number of hydrogen-bond acceptors (Lipinski definition) is 4. The number of carbonyl (C=O) groups excluding carboxylic acids is 1. The zero-order valence-corrected chi connectivity index (χ0v) is 23.3. The first-order chi connectivity index (χ1) is 19.2. The van der Waals surface area contributed by atoms with Gasteiger partial charge in [0, 0.05) is 45.2 Å². The Hall–Kier alpha value is -3.15. The number of para-hydroxylation sites is 1. The second-order valence-corrected chi connectivity index (χ2v) is 11.3. The van der Waals surface area contributed by atoms with Gasteiger partial charge < -0.3 is 19.9 Å². The smallest absolute Gasteiger partial charge is 0.255 e. The van der Waals surface area contributed by atoms with Gasteiger partial charge in [0.05, 0.1) is 5.56 Å². The topological polar surface area (TPSA) is 44.8 Å². The fourth-order valence-corrected chi connectivity index (χ4v) is 6.09. The molecule has 0 radical (unpaired) electrons. The van der Waals surface area contributed by atoms with Gasteiger partial charge in [-0.3, -0.25) is 4.79 Å². The number of ether oxygens (including phenoxy) is 1.